The summed E-state index contributed by atoms with van der Waals surface area (Å²) in [6.07, 6.45) is -0.582. The van der Waals surface area contributed by atoms with Gasteiger partial charge >= 0.3 is 12.1 Å². The number of aliphatic hydroxyl groups is 1. The SMILES string of the molecule is COC(=O)[C@]1(OC(=O)OCc2ccccc2)C[C@H]2OC3(CCCCC3)O[C@H]2[C@H](O[Si](C)(C)C(C)(C)C)[C@@H]1O. The number of fused-ring (bicyclic) bond motifs is 1. The number of hydrogen-bond acceptors (Lipinski definition) is 9. The Bertz CT molecular complexity index is 986. The van der Waals surface area contributed by atoms with Gasteiger partial charge in [0.25, 0.3) is 0 Å². The molecular weight excluding hydrogens is 508 g/mol. The molecule has 5 atom stereocenters. The van der Waals surface area contributed by atoms with Gasteiger partial charge in [-0.3, -0.25) is 0 Å². The standard InChI is InChI=1S/C28H42O9Si/c1-26(2,3)38(5,6)37-22-21-20(34-27(35-21)15-11-8-12-16-27)17-28(23(22)29,24(30)32-4)36-25(31)33-18-19-13-9-7-10-14-19/h7,9-10,13-14,20-23,29H,8,11-12,15-18H2,1-6H3/t20-,21-,22+,23+,28+/m1/s1. The van der Waals surface area contributed by atoms with Crippen molar-refractivity contribution in [3.8, 4) is 0 Å². The first-order chi connectivity index (χ1) is 17.8. The topological polar surface area (TPSA) is 110 Å². The van der Waals surface area contributed by atoms with Crippen molar-refractivity contribution in [2.75, 3.05) is 7.11 Å². The highest BCUT2D eigenvalue weighted by Crippen LogP contribution is 2.50. The number of esters is 1. The van der Waals surface area contributed by atoms with Gasteiger partial charge in [-0.2, -0.15) is 0 Å². The van der Waals surface area contributed by atoms with Gasteiger partial charge in [0, 0.05) is 19.3 Å². The first-order valence-corrected chi connectivity index (χ1v) is 16.4. The fraction of sp³-hybridized carbons (Fsp3) is 0.714. The molecule has 0 radical (unpaired) electrons. The summed E-state index contributed by atoms with van der Waals surface area (Å²) in [5.41, 5.74) is -1.33. The maximum Gasteiger partial charge on any atom is 0.509 e. The summed E-state index contributed by atoms with van der Waals surface area (Å²) in [6, 6.07) is 9.12. The summed E-state index contributed by atoms with van der Waals surface area (Å²) in [4.78, 5) is 26.2. The van der Waals surface area contributed by atoms with E-state index in [0.29, 0.717) is 12.8 Å². The zero-order chi connectivity index (χ0) is 27.8. The minimum atomic E-state index is -2.48. The van der Waals surface area contributed by atoms with Crippen LogP contribution in [0.15, 0.2) is 30.3 Å². The van der Waals surface area contributed by atoms with E-state index in [1.54, 1.807) is 12.1 Å². The van der Waals surface area contributed by atoms with Crippen LogP contribution in [0.1, 0.15) is 64.9 Å². The molecular formula is C28H42O9Si. The van der Waals surface area contributed by atoms with Gasteiger partial charge in [-0.05, 0) is 36.5 Å². The molecule has 1 N–H and O–H groups in total. The molecule has 1 saturated heterocycles. The van der Waals surface area contributed by atoms with Crippen LogP contribution in [0.5, 0.6) is 0 Å². The quantitative estimate of drug-likeness (QED) is 0.392. The van der Waals surface area contributed by atoms with Crippen LogP contribution in [0.3, 0.4) is 0 Å². The van der Waals surface area contributed by atoms with Crippen molar-refractivity contribution in [3.63, 3.8) is 0 Å². The molecule has 0 unspecified atom stereocenters. The van der Waals surface area contributed by atoms with E-state index in [0.717, 1.165) is 24.8 Å². The molecule has 0 amide bonds. The molecule has 212 valence electrons. The Morgan fingerprint density at radius 2 is 1.74 bits per heavy atom. The third-order valence-corrected chi connectivity index (χ3v) is 13.0. The lowest BCUT2D eigenvalue weighted by molar-refractivity contribution is -0.217. The molecule has 0 bridgehead atoms. The first kappa shape index (κ1) is 29.0. The van der Waals surface area contributed by atoms with Gasteiger partial charge in [0.1, 0.15) is 24.9 Å². The van der Waals surface area contributed by atoms with Gasteiger partial charge in [-0.1, -0.05) is 57.5 Å². The van der Waals surface area contributed by atoms with Gasteiger partial charge in [0.2, 0.25) is 5.60 Å². The van der Waals surface area contributed by atoms with E-state index in [9.17, 15) is 14.7 Å². The van der Waals surface area contributed by atoms with Crippen LogP contribution in [0.4, 0.5) is 4.79 Å². The van der Waals surface area contributed by atoms with Crippen LogP contribution < -0.4 is 0 Å². The number of rotatable bonds is 6. The second kappa shape index (κ2) is 10.9. The predicted octanol–water partition coefficient (Wildman–Crippen LogP) is 4.85. The molecule has 9 nitrogen and oxygen atoms in total. The predicted molar refractivity (Wildman–Crippen MR) is 141 cm³/mol. The third kappa shape index (κ3) is 5.65. The van der Waals surface area contributed by atoms with E-state index in [1.807, 2.05) is 18.2 Å². The van der Waals surface area contributed by atoms with E-state index < -0.39 is 56.2 Å². The fourth-order valence-corrected chi connectivity index (χ4v) is 6.68. The number of hydrogen-bond donors (Lipinski definition) is 1. The summed E-state index contributed by atoms with van der Waals surface area (Å²) in [7, 11) is -1.29. The molecule has 10 heteroatoms. The van der Waals surface area contributed by atoms with Crippen LogP contribution in [-0.2, 0) is 39.5 Å². The molecule has 0 aromatic heterocycles. The monoisotopic (exact) mass is 550 g/mol. The molecule has 1 heterocycles. The Kier molecular flexibility index (Phi) is 8.31. The Labute approximate surface area is 226 Å². The maximum absolute atomic E-state index is 13.3. The first-order valence-electron chi connectivity index (χ1n) is 13.5. The smallest absolute Gasteiger partial charge is 0.466 e. The minimum absolute atomic E-state index is 0.0499. The number of ether oxygens (including phenoxy) is 5. The molecule has 1 aliphatic heterocycles. The maximum atomic E-state index is 13.3. The van der Waals surface area contributed by atoms with E-state index in [4.69, 9.17) is 28.1 Å². The van der Waals surface area contributed by atoms with Crippen molar-refractivity contribution in [1.82, 2.24) is 0 Å². The Balaban J connectivity index is 1.65. The van der Waals surface area contributed by atoms with E-state index in [-0.39, 0.29) is 18.1 Å². The van der Waals surface area contributed by atoms with Crippen molar-refractivity contribution in [1.29, 1.82) is 0 Å². The van der Waals surface area contributed by atoms with E-state index in [2.05, 4.69) is 33.9 Å². The van der Waals surface area contributed by atoms with Gasteiger partial charge in [0.05, 0.1) is 13.2 Å². The summed E-state index contributed by atoms with van der Waals surface area (Å²) < 4.78 is 35.9. The van der Waals surface area contributed by atoms with Gasteiger partial charge < -0.3 is 33.2 Å². The lowest BCUT2D eigenvalue weighted by Gasteiger charge is -2.49. The molecule has 1 spiro atoms. The van der Waals surface area contributed by atoms with Crippen molar-refractivity contribution in [2.24, 2.45) is 0 Å². The summed E-state index contributed by atoms with van der Waals surface area (Å²) >= 11 is 0. The highest BCUT2D eigenvalue weighted by Gasteiger charge is 2.67. The molecule has 38 heavy (non-hydrogen) atoms. The molecule has 1 aromatic rings. The van der Waals surface area contributed by atoms with Crippen molar-refractivity contribution < 1.29 is 42.8 Å². The fourth-order valence-electron chi connectivity index (χ4n) is 5.39. The van der Waals surface area contributed by atoms with Gasteiger partial charge in [0.15, 0.2) is 14.1 Å². The van der Waals surface area contributed by atoms with Crippen LogP contribution in [0, 0.1) is 0 Å². The van der Waals surface area contributed by atoms with Crippen LogP contribution in [-0.4, -0.2) is 68.5 Å². The Morgan fingerprint density at radius 1 is 1.08 bits per heavy atom. The van der Waals surface area contributed by atoms with E-state index in [1.165, 1.54) is 7.11 Å². The number of carbonyl (C=O) groups is 2. The zero-order valence-electron chi connectivity index (χ0n) is 23.4. The molecule has 3 fully saturated rings. The third-order valence-electron chi connectivity index (χ3n) is 8.55. The Hall–Kier alpha value is -1.98. The van der Waals surface area contributed by atoms with Crippen molar-refractivity contribution in [2.45, 2.75) is 120 Å². The molecule has 1 aromatic carbocycles. The molecule has 2 aliphatic carbocycles. The summed E-state index contributed by atoms with van der Waals surface area (Å²) in [5.74, 6) is -1.69. The van der Waals surface area contributed by atoms with Crippen molar-refractivity contribution >= 4 is 20.4 Å². The lowest BCUT2D eigenvalue weighted by atomic mass is 9.77. The summed E-state index contributed by atoms with van der Waals surface area (Å²) in [5, 5.41) is 11.6. The van der Waals surface area contributed by atoms with Crippen molar-refractivity contribution in [3.05, 3.63) is 35.9 Å². The number of methoxy groups -OCH3 is 1. The molecule has 2 saturated carbocycles. The summed E-state index contributed by atoms with van der Waals surface area (Å²) in [6.45, 7) is 10.3. The normalized spacial score (nSPS) is 30.9. The van der Waals surface area contributed by atoms with Gasteiger partial charge in [-0.25, -0.2) is 9.59 Å². The minimum Gasteiger partial charge on any atom is -0.466 e. The largest absolute Gasteiger partial charge is 0.509 e. The van der Waals surface area contributed by atoms with Crippen LogP contribution >= 0.6 is 0 Å². The van der Waals surface area contributed by atoms with E-state index >= 15 is 0 Å². The average Bonchev–Trinajstić information content (AvgIpc) is 3.21. The highest BCUT2D eigenvalue weighted by molar-refractivity contribution is 6.74. The second-order valence-electron chi connectivity index (χ2n) is 12.2. The van der Waals surface area contributed by atoms with Crippen LogP contribution in [0.2, 0.25) is 18.1 Å². The highest BCUT2D eigenvalue weighted by atomic mass is 28.4. The lowest BCUT2D eigenvalue weighted by Crippen LogP contribution is -2.69. The number of aliphatic hydroxyl groups excluding tert-OH is 1. The Morgan fingerprint density at radius 3 is 2.34 bits per heavy atom. The second-order valence-corrected chi connectivity index (χ2v) is 17.0. The zero-order valence-corrected chi connectivity index (χ0v) is 24.4. The molecule has 4 rings (SSSR count). The number of carbonyl (C=O) groups excluding carboxylic acids is 2. The van der Waals surface area contributed by atoms with Crippen LogP contribution in [0.25, 0.3) is 0 Å². The van der Waals surface area contributed by atoms with Gasteiger partial charge in [-0.15, -0.1) is 0 Å². The molecule has 3 aliphatic rings. The average molecular weight is 551 g/mol. The number of benzene rings is 1.